The van der Waals surface area contributed by atoms with Gasteiger partial charge in [-0.3, -0.25) is 0 Å². The predicted molar refractivity (Wildman–Crippen MR) is 83.6 cm³/mol. The highest BCUT2D eigenvalue weighted by atomic mass is 16.3. The molecule has 1 aromatic carbocycles. The van der Waals surface area contributed by atoms with Crippen LogP contribution in [0.25, 0.3) is 5.57 Å². The lowest BCUT2D eigenvalue weighted by Crippen LogP contribution is -2.06. The molecule has 0 radical (unpaired) electrons. The molecule has 20 heavy (non-hydrogen) atoms. The molecule has 0 amide bonds. The lowest BCUT2D eigenvalue weighted by molar-refractivity contribution is 0.423. The highest BCUT2D eigenvalue weighted by Gasteiger charge is 2.16. The zero-order valence-electron chi connectivity index (χ0n) is 12.1. The van der Waals surface area contributed by atoms with Gasteiger partial charge >= 0.3 is 0 Å². The number of aromatic hydroxyl groups is 1. The number of hydrogen-bond donors (Lipinski definition) is 2. The van der Waals surface area contributed by atoms with Crippen LogP contribution in [0.1, 0.15) is 38.7 Å². The summed E-state index contributed by atoms with van der Waals surface area (Å²) in [6.07, 6.45) is 8.57. The number of phenols is 1. The maximum Gasteiger partial charge on any atom is 0.115 e. The molecule has 2 nitrogen and oxygen atoms in total. The van der Waals surface area contributed by atoms with E-state index in [9.17, 15) is 10.2 Å². The number of aliphatic hydroxyl groups is 1. The van der Waals surface area contributed by atoms with Gasteiger partial charge in [0.2, 0.25) is 0 Å². The lowest BCUT2D eigenvalue weighted by Gasteiger charge is -2.22. The topological polar surface area (TPSA) is 40.5 Å². The number of allylic oxidation sites excluding steroid dienone is 5. The first-order chi connectivity index (χ1) is 9.65. The Balaban J connectivity index is 2.38. The molecule has 1 unspecified atom stereocenters. The first-order valence-corrected chi connectivity index (χ1v) is 7.24. The van der Waals surface area contributed by atoms with Crippen molar-refractivity contribution in [1.82, 2.24) is 0 Å². The highest BCUT2D eigenvalue weighted by Crippen LogP contribution is 2.34. The molecule has 1 aromatic rings. The molecule has 106 valence electrons. The van der Waals surface area contributed by atoms with Crippen LogP contribution in [0.5, 0.6) is 5.75 Å². The molecule has 2 heteroatoms. The Kier molecular flexibility index (Phi) is 4.67. The van der Waals surface area contributed by atoms with Crippen molar-refractivity contribution in [2.24, 2.45) is 5.92 Å². The largest absolute Gasteiger partial charge is 0.508 e. The fraction of sp³-hybridized carbons (Fsp3) is 0.333. The second-order valence-electron chi connectivity index (χ2n) is 5.09. The quantitative estimate of drug-likeness (QED) is 0.809. The van der Waals surface area contributed by atoms with Crippen LogP contribution in [0.3, 0.4) is 0 Å². The average Bonchev–Trinajstić information content (AvgIpc) is 2.47. The minimum absolute atomic E-state index is 0.299. The number of phenolic OH excluding ortho intramolecular Hbond substituents is 1. The monoisotopic (exact) mass is 270 g/mol. The SMILES string of the molecule is CC/C(=C(/CC)C1C=CC(O)=CC1)c1ccc(O)cc1. The van der Waals surface area contributed by atoms with Gasteiger partial charge in [-0.2, -0.15) is 0 Å². The molecule has 0 heterocycles. The standard InChI is InChI=1S/C18H22O2/c1-3-17(13-5-9-15(19)10-6-13)18(4-2)14-7-11-16(20)12-8-14/h5-7,9-12,14,19-20H,3-4,8H2,1-2H3/b18-17+. The van der Waals surface area contributed by atoms with Gasteiger partial charge in [-0.25, -0.2) is 0 Å². The fourth-order valence-corrected chi connectivity index (χ4v) is 2.85. The second kappa shape index (κ2) is 6.47. The number of aliphatic hydroxyl groups excluding tert-OH is 1. The minimum atomic E-state index is 0.299. The summed E-state index contributed by atoms with van der Waals surface area (Å²) in [7, 11) is 0. The molecule has 2 N–H and O–H groups in total. The van der Waals surface area contributed by atoms with Crippen LogP contribution in [0.2, 0.25) is 0 Å². The predicted octanol–water partition coefficient (Wildman–Crippen LogP) is 4.98. The lowest BCUT2D eigenvalue weighted by atomic mass is 9.84. The van der Waals surface area contributed by atoms with Gasteiger partial charge in [0.05, 0.1) is 0 Å². The van der Waals surface area contributed by atoms with E-state index in [4.69, 9.17) is 0 Å². The third kappa shape index (κ3) is 3.13. The van der Waals surface area contributed by atoms with Gasteiger partial charge in [0.15, 0.2) is 0 Å². The molecule has 1 atom stereocenters. The molecule has 0 saturated carbocycles. The first kappa shape index (κ1) is 14.4. The zero-order chi connectivity index (χ0) is 14.5. The van der Waals surface area contributed by atoms with Gasteiger partial charge in [0, 0.05) is 5.92 Å². The highest BCUT2D eigenvalue weighted by molar-refractivity contribution is 5.70. The van der Waals surface area contributed by atoms with Crippen LogP contribution in [0, 0.1) is 5.92 Å². The Labute approximate surface area is 120 Å². The van der Waals surface area contributed by atoms with E-state index in [1.165, 1.54) is 16.7 Å². The van der Waals surface area contributed by atoms with Crippen LogP contribution in [-0.4, -0.2) is 10.2 Å². The van der Waals surface area contributed by atoms with Crippen molar-refractivity contribution in [1.29, 1.82) is 0 Å². The Morgan fingerprint density at radius 2 is 1.80 bits per heavy atom. The Bertz CT molecular complexity index is 547. The van der Waals surface area contributed by atoms with E-state index < -0.39 is 0 Å². The smallest absolute Gasteiger partial charge is 0.115 e. The Hall–Kier alpha value is -1.96. The van der Waals surface area contributed by atoms with Crippen LogP contribution in [0.15, 0.2) is 53.8 Å². The molecule has 0 spiro atoms. The molecule has 0 aromatic heterocycles. The van der Waals surface area contributed by atoms with Gasteiger partial charge < -0.3 is 10.2 Å². The van der Waals surface area contributed by atoms with Crippen LogP contribution < -0.4 is 0 Å². The van der Waals surface area contributed by atoms with Gasteiger partial charge in [-0.15, -0.1) is 0 Å². The third-order valence-corrected chi connectivity index (χ3v) is 3.87. The second-order valence-corrected chi connectivity index (χ2v) is 5.09. The summed E-state index contributed by atoms with van der Waals surface area (Å²) < 4.78 is 0. The van der Waals surface area contributed by atoms with E-state index >= 15 is 0 Å². The molecular formula is C18H22O2. The summed E-state index contributed by atoms with van der Waals surface area (Å²) in [6.45, 7) is 4.34. The van der Waals surface area contributed by atoms with Gasteiger partial charge in [0.1, 0.15) is 11.5 Å². The van der Waals surface area contributed by atoms with E-state index in [1.807, 2.05) is 18.2 Å². The average molecular weight is 270 g/mol. The molecular weight excluding hydrogens is 248 g/mol. The number of rotatable bonds is 4. The molecule has 1 aliphatic rings. The summed E-state index contributed by atoms with van der Waals surface area (Å²) in [6, 6.07) is 7.43. The van der Waals surface area contributed by atoms with Gasteiger partial charge in [-0.1, -0.05) is 37.6 Å². The zero-order valence-corrected chi connectivity index (χ0v) is 12.1. The summed E-state index contributed by atoms with van der Waals surface area (Å²) in [5, 5.41) is 18.9. The molecule has 2 rings (SSSR count). The fourth-order valence-electron chi connectivity index (χ4n) is 2.85. The summed E-state index contributed by atoms with van der Waals surface area (Å²) in [4.78, 5) is 0. The van der Waals surface area contributed by atoms with E-state index in [0.717, 1.165) is 19.3 Å². The maximum absolute atomic E-state index is 9.46. The van der Waals surface area contributed by atoms with Crippen molar-refractivity contribution >= 4 is 5.57 Å². The van der Waals surface area contributed by atoms with E-state index in [0.29, 0.717) is 17.4 Å². The van der Waals surface area contributed by atoms with Gasteiger partial charge in [-0.05, 0) is 54.7 Å². The van der Waals surface area contributed by atoms with Crippen LogP contribution >= 0.6 is 0 Å². The minimum Gasteiger partial charge on any atom is -0.508 e. The first-order valence-electron chi connectivity index (χ1n) is 7.24. The normalized spacial score (nSPS) is 19.5. The van der Waals surface area contributed by atoms with Crippen molar-refractivity contribution in [3.05, 3.63) is 59.4 Å². The number of benzene rings is 1. The molecule has 0 aliphatic heterocycles. The number of hydrogen-bond acceptors (Lipinski definition) is 2. The van der Waals surface area contributed by atoms with E-state index in [-0.39, 0.29) is 0 Å². The van der Waals surface area contributed by atoms with Crippen LogP contribution in [0.4, 0.5) is 0 Å². The molecule has 0 fully saturated rings. The summed E-state index contributed by atoms with van der Waals surface area (Å²) in [5.41, 5.74) is 3.93. The molecule has 0 bridgehead atoms. The molecule has 1 aliphatic carbocycles. The van der Waals surface area contributed by atoms with Crippen molar-refractivity contribution in [2.75, 3.05) is 0 Å². The maximum atomic E-state index is 9.46. The van der Waals surface area contributed by atoms with Crippen molar-refractivity contribution in [3.63, 3.8) is 0 Å². The summed E-state index contributed by atoms with van der Waals surface area (Å²) in [5.74, 6) is 1.02. The Morgan fingerprint density at radius 1 is 1.10 bits per heavy atom. The van der Waals surface area contributed by atoms with Gasteiger partial charge in [0.25, 0.3) is 0 Å². The van der Waals surface area contributed by atoms with E-state index in [1.54, 1.807) is 18.2 Å². The third-order valence-electron chi connectivity index (χ3n) is 3.87. The van der Waals surface area contributed by atoms with Crippen molar-refractivity contribution in [3.8, 4) is 5.75 Å². The van der Waals surface area contributed by atoms with Crippen molar-refractivity contribution in [2.45, 2.75) is 33.1 Å². The molecule has 0 saturated heterocycles. The van der Waals surface area contributed by atoms with E-state index in [2.05, 4.69) is 19.9 Å². The van der Waals surface area contributed by atoms with Crippen LogP contribution in [-0.2, 0) is 0 Å². The Morgan fingerprint density at radius 3 is 2.30 bits per heavy atom. The summed E-state index contributed by atoms with van der Waals surface area (Å²) >= 11 is 0. The van der Waals surface area contributed by atoms with Crippen molar-refractivity contribution < 1.29 is 10.2 Å².